The zero-order chi connectivity index (χ0) is 11.1. The quantitative estimate of drug-likeness (QED) is 0.636. The van der Waals surface area contributed by atoms with E-state index in [1.54, 1.807) is 0 Å². The Labute approximate surface area is 86.7 Å². The van der Waals surface area contributed by atoms with Crippen molar-refractivity contribution in [2.24, 2.45) is 0 Å². The van der Waals surface area contributed by atoms with Crippen LogP contribution in [0.3, 0.4) is 0 Å². The summed E-state index contributed by atoms with van der Waals surface area (Å²) in [6.07, 6.45) is 1.22. The fourth-order valence-electron chi connectivity index (χ4n) is 1.37. The van der Waals surface area contributed by atoms with E-state index in [0.717, 1.165) is 6.42 Å². The van der Waals surface area contributed by atoms with Gasteiger partial charge in [0.15, 0.2) is 0 Å². The molecule has 3 nitrogen and oxygen atoms in total. The maximum atomic E-state index is 11.1. The van der Waals surface area contributed by atoms with Crippen molar-refractivity contribution in [1.29, 1.82) is 0 Å². The largest absolute Gasteiger partial charge is 0.466 e. The van der Waals surface area contributed by atoms with Crippen LogP contribution in [0.25, 0.3) is 0 Å². The maximum absolute atomic E-state index is 11.1. The van der Waals surface area contributed by atoms with Crippen molar-refractivity contribution in [1.82, 2.24) is 4.90 Å². The first kappa shape index (κ1) is 13.0. The van der Waals surface area contributed by atoms with Crippen molar-refractivity contribution in [2.45, 2.75) is 33.6 Å². The van der Waals surface area contributed by atoms with Gasteiger partial charge < -0.3 is 9.64 Å². The topological polar surface area (TPSA) is 29.5 Å². The molecule has 0 heterocycles. The normalized spacial score (nSPS) is 9.50. The molecule has 82 valence electrons. The molecule has 0 aromatic heterocycles. The fourth-order valence-corrected chi connectivity index (χ4v) is 1.37. The minimum Gasteiger partial charge on any atom is -0.466 e. The van der Waals surface area contributed by atoms with Gasteiger partial charge in [-0.05, 0) is 27.2 Å². The Morgan fingerprint density at radius 2 is 1.79 bits per heavy atom. The highest BCUT2D eigenvalue weighted by Crippen LogP contribution is 2.13. The Hall–Kier alpha value is -0.990. The molecule has 0 amide bonds. The van der Waals surface area contributed by atoms with Crippen LogP contribution in [0.5, 0.6) is 0 Å². The number of ether oxygens (including phenoxy) is 1. The van der Waals surface area contributed by atoms with Crippen molar-refractivity contribution in [3.63, 3.8) is 0 Å². The van der Waals surface area contributed by atoms with E-state index >= 15 is 0 Å². The van der Waals surface area contributed by atoms with Gasteiger partial charge >= 0.3 is 5.97 Å². The Kier molecular flexibility index (Phi) is 6.00. The van der Waals surface area contributed by atoms with E-state index < -0.39 is 0 Å². The van der Waals surface area contributed by atoms with E-state index in [9.17, 15) is 4.79 Å². The summed E-state index contributed by atoms with van der Waals surface area (Å²) in [5.41, 5.74) is 2.46. The van der Waals surface area contributed by atoms with Crippen LogP contribution >= 0.6 is 0 Å². The van der Waals surface area contributed by atoms with Gasteiger partial charge in [0.25, 0.3) is 0 Å². The summed E-state index contributed by atoms with van der Waals surface area (Å²) in [5, 5.41) is 0. The Balaban J connectivity index is 4.09. The lowest BCUT2D eigenvalue weighted by molar-refractivity contribution is -0.143. The third kappa shape index (κ3) is 4.90. The molecule has 14 heavy (non-hydrogen) atoms. The predicted molar refractivity (Wildman–Crippen MR) is 57.9 cm³/mol. The standard InChI is InChI=1S/C11H21NO2/c1-6-14-11(13)8-7-10(9(2)3)12(4)5/h6-8H2,1-5H3. The average molecular weight is 199 g/mol. The number of hydrogen-bond donors (Lipinski definition) is 0. The van der Waals surface area contributed by atoms with Crippen LogP contribution in [-0.4, -0.2) is 31.6 Å². The predicted octanol–water partition coefficient (Wildman–Crippen LogP) is 2.19. The van der Waals surface area contributed by atoms with Crippen molar-refractivity contribution < 1.29 is 9.53 Å². The molecule has 0 aliphatic heterocycles. The van der Waals surface area contributed by atoms with Gasteiger partial charge in [-0.25, -0.2) is 0 Å². The van der Waals surface area contributed by atoms with Gasteiger partial charge in [0, 0.05) is 19.8 Å². The van der Waals surface area contributed by atoms with Crippen LogP contribution in [-0.2, 0) is 9.53 Å². The Bertz CT molecular complexity index is 215. The molecule has 0 unspecified atom stereocenters. The third-order valence-corrected chi connectivity index (χ3v) is 1.99. The fraction of sp³-hybridized carbons (Fsp3) is 0.727. The van der Waals surface area contributed by atoms with E-state index in [0.29, 0.717) is 13.0 Å². The SMILES string of the molecule is CCOC(=O)CCC(=C(C)C)N(C)C. The van der Waals surface area contributed by atoms with Gasteiger partial charge in [0.05, 0.1) is 13.0 Å². The number of esters is 1. The van der Waals surface area contributed by atoms with Gasteiger partial charge in [-0.3, -0.25) is 4.79 Å². The molecule has 0 atom stereocenters. The van der Waals surface area contributed by atoms with Gasteiger partial charge in [-0.2, -0.15) is 0 Å². The lowest BCUT2D eigenvalue weighted by Crippen LogP contribution is -2.14. The molecule has 0 saturated heterocycles. The van der Waals surface area contributed by atoms with Crippen molar-refractivity contribution in [2.75, 3.05) is 20.7 Å². The second-order valence-corrected chi connectivity index (χ2v) is 3.65. The van der Waals surface area contributed by atoms with Crippen LogP contribution in [0.15, 0.2) is 11.3 Å². The summed E-state index contributed by atoms with van der Waals surface area (Å²) in [4.78, 5) is 13.2. The number of hydrogen-bond acceptors (Lipinski definition) is 3. The average Bonchev–Trinajstić information content (AvgIpc) is 2.03. The summed E-state index contributed by atoms with van der Waals surface area (Å²) in [6, 6.07) is 0. The number of nitrogens with zero attached hydrogens (tertiary/aromatic N) is 1. The molecule has 0 aromatic rings. The molecule has 0 bridgehead atoms. The van der Waals surface area contributed by atoms with Gasteiger partial charge in [0.2, 0.25) is 0 Å². The number of carbonyl (C=O) groups is 1. The summed E-state index contributed by atoms with van der Waals surface area (Å²) >= 11 is 0. The zero-order valence-electron chi connectivity index (χ0n) is 9.89. The van der Waals surface area contributed by atoms with E-state index in [1.165, 1.54) is 11.3 Å². The summed E-state index contributed by atoms with van der Waals surface area (Å²) in [5.74, 6) is -0.117. The smallest absolute Gasteiger partial charge is 0.306 e. The highest BCUT2D eigenvalue weighted by atomic mass is 16.5. The molecule has 0 aliphatic carbocycles. The van der Waals surface area contributed by atoms with Crippen LogP contribution in [0.4, 0.5) is 0 Å². The second-order valence-electron chi connectivity index (χ2n) is 3.65. The first-order valence-corrected chi connectivity index (χ1v) is 4.98. The third-order valence-electron chi connectivity index (χ3n) is 1.99. The summed E-state index contributed by atoms with van der Waals surface area (Å²) < 4.78 is 4.87. The van der Waals surface area contributed by atoms with Gasteiger partial charge in [-0.1, -0.05) is 5.57 Å². The molecule has 0 fully saturated rings. The molecule has 0 aliphatic rings. The molecule has 3 heteroatoms. The van der Waals surface area contributed by atoms with Gasteiger partial charge in [0.1, 0.15) is 0 Å². The highest BCUT2D eigenvalue weighted by Gasteiger charge is 2.07. The number of rotatable bonds is 5. The first-order valence-electron chi connectivity index (χ1n) is 4.98. The van der Waals surface area contributed by atoms with E-state index in [2.05, 4.69) is 18.7 Å². The molecule has 0 N–H and O–H groups in total. The van der Waals surface area contributed by atoms with Crippen LogP contribution in [0.2, 0.25) is 0 Å². The zero-order valence-corrected chi connectivity index (χ0v) is 9.89. The molecule has 0 aromatic carbocycles. The second kappa shape index (κ2) is 6.46. The van der Waals surface area contributed by atoms with Crippen LogP contribution in [0.1, 0.15) is 33.6 Å². The lowest BCUT2D eigenvalue weighted by Gasteiger charge is -2.18. The summed E-state index contributed by atoms with van der Waals surface area (Å²) in [6.45, 7) is 6.40. The van der Waals surface area contributed by atoms with Crippen LogP contribution < -0.4 is 0 Å². The monoisotopic (exact) mass is 199 g/mol. The molecule has 0 saturated carbocycles. The Morgan fingerprint density at radius 1 is 1.21 bits per heavy atom. The van der Waals surface area contributed by atoms with Gasteiger partial charge in [-0.15, -0.1) is 0 Å². The van der Waals surface area contributed by atoms with E-state index in [4.69, 9.17) is 4.74 Å². The van der Waals surface area contributed by atoms with Crippen molar-refractivity contribution in [3.05, 3.63) is 11.3 Å². The minimum absolute atomic E-state index is 0.117. The number of allylic oxidation sites excluding steroid dienone is 2. The van der Waals surface area contributed by atoms with E-state index in [1.807, 2.05) is 21.0 Å². The molecular formula is C11H21NO2. The summed E-state index contributed by atoms with van der Waals surface area (Å²) in [7, 11) is 3.99. The first-order chi connectivity index (χ1) is 6.49. The maximum Gasteiger partial charge on any atom is 0.306 e. The lowest BCUT2D eigenvalue weighted by atomic mass is 10.1. The van der Waals surface area contributed by atoms with Crippen molar-refractivity contribution >= 4 is 5.97 Å². The highest BCUT2D eigenvalue weighted by molar-refractivity contribution is 5.69. The van der Waals surface area contributed by atoms with E-state index in [-0.39, 0.29) is 5.97 Å². The molecule has 0 radical (unpaired) electrons. The number of carbonyl (C=O) groups excluding carboxylic acids is 1. The molecule has 0 rings (SSSR count). The van der Waals surface area contributed by atoms with Crippen molar-refractivity contribution in [3.8, 4) is 0 Å². The Morgan fingerprint density at radius 3 is 2.14 bits per heavy atom. The minimum atomic E-state index is -0.117. The molecular weight excluding hydrogens is 178 g/mol. The van der Waals surface area contributed by atoms with Crippen LogP contribution in [0, 0.1) is 0 Å². The molecule has 0 spiro atoms.